The summed E-state index contributed by atoms with van der Waals surface area (Å²) in [5, 5.41) is 0. The van der Waals surface area contributed by atoms with E-state index in [1.165, 1.54) is 0 Å². The molecule has 0 aromatic heterocycles. The summed E-state index contributed by atoms with van der Waals surface area (Å²) in [4.78, 5) is 25.3. The molecular weight excluding hydrogens is 328 g/mol. The van der Waals surface area contributed by atoms with Gasteiger partial charge in [-0.1, -0.05) is 66.7 Å². The minimum absolute atomic E-state index is 0.207. The summed E-state index contributed by atoms with van der Waals surface area (Å²) in [6, 6.07) is 26.7. The van der Waals surface area contributed by atoms with Crippen molar-refractivity contribution in [1.82, 2.24) is 0 Å². The van der Waals surface area contributed by atoms with E-state index in [0.717, 1.165) is 5.56 Å². The van der Waals surface area contributed by atoms with Gasteiger partial charge < -0.3 is 9.47 Å². The molecule has 0 unspecified atom stereocenters. The van der Waals surface area contributed by atoms with Crippen molar-refractivity contribution >= 4 is 11.9 Å². The predicted molar refractivity (Wildman–Crippen MR) is 97.8 cm³/mol. The highest BCUT2D eigenvalue weighted by atomic mass is 16.6. The van der Waals surface area contributed by atoms with Crippen molar-refractivity contribution in [2.75, 3.05) is 0 Å². The zero-order chi connectivity index (χ0) is 18.2. The van der Waals surface area contributed by atoms with Crippen LogP contribution in [0.5, 0.6) is 11.5 Å². The number of benzene rings is 3. The Kier molecular flexibility index (Phi) is 5.78. The molecule has 0 N–H and O–H groups in total. The number of rotatable bonds is 6. The van der Waals surface area contributed by atoms with Crippen LogP contribution in [0.4, 0.5) is 0 Å². The van der Waals surface area contributed by atoms with Crippen LogP contribution >= 0.6 is 0 Å². The highest BCUT2D eigenvalue weighted by Gasteiger charge is 2.31. The van der Waals surface area contributed by atoms with Crippen LogP contribution in [0.25, 0.3) is 0 Å². The first-order valence-corrected chi connectivity index (χ1v) is 8.30. The zero-order valence-corrected chi connectivity index (χ0v) is 14.1. The maximum atomic E-state index is 12.6. The van der Waals surface area contributed by atoms with Gasteiger partial charge >= 0.3 is 11.9 Å². The lowest BCUT2D eigenvalue weighted by Gasteiger charge is -2.15. The Morgan fingerprint density at radius 1 is 0.615 bits per heavy atom. The van der Waals surface area contributed by atoms with Gasteiger partial charge in [0.05, 0.1) is 0 Å². The molecule has 0 heterocycles. The molecule has 0 aliphatic heterocycles. The van der Waals surface area contributed by atoms with Gasteiger partial charge in [-0.25, -0.2) is 0 Å². The second-order valence-electron chi connectivity index (χ2n) is 5.71. The van der Waals surface area contributed by atoms with Crippen LogP contribution in [0.2, 0.25) is 0 Å². The average Bonchev–Trinajstić information content (AvgIpc) is 2.68. The van der Waals surface area contributed by atoms with Crippen molar-refractivity contribution in [3.05, 3.63) is 96.6 Å². The van der Waals surface area contributed by atoms with E-state index in [4.69, 9.17) is 9.47 Å². The number of ether oxygens (including phenoxy) is 2. The molecule has 4 heteroatoms. The van der Waals surface area contributed by atoms with Gasteiger partial charge in [0.25, 0.3) is 0 Å². The van der Waals surface area contributed by atoms with E-state index in [0.29, 0.717) is 11.5 Å². The molecule has 0 spiro atoms. The second-order valence-corrected chi connectivity index (χ2v) is 5.71. The maximum Gasteiger partial charge on any atom is 0.326 e. The molecule has 0 bridgehead atoms. The number of esters is 2. The third kappa shape index (κ3) is 4.80. The van der Waals surface area contributed by atoms with Gasteiger partial charge in [0, 0.05) is 0 Å². The third-order valence-electron chi connectivity index (χ3n) is 3.77. The molecule has 0 atom stereocenters. The van der Waals surface area contributed by atoms with E-state index in [9.17, 15) is 9.59 Å². The van der Waals surface area contributed by atoms with Crippen LogP contribution in [0.15, 0.2) is 91.0 Å². The Bertz CT molecular complexity index is 792. The standard InChI is InChI=1S/C22H18O4/c23-21(25-18-12-6-2-7-13-18)20(16-17-10-4-1-5-11-17)22(24)26-19-14-8-3-9-15-19/h1-15,20H,16H2. The number of para-hydroxylation sites is 2. The van der Waals surface area contributed by atoms with Gasteiger partial charge in [-0.05, 0) is 36.2 Å². The van der Waals surface area contributed by atoms with Gasteiger partial charge in [-0.2, -0.15) is 0 Å². The summed E-state index contributed by atoms with van der Waals surface area (Å²) in [7, 11) is 0. The maximum absolute atomic E-state index is 12.6. The Balaban J connectivity index is 1.78. The Morgan fingerprint density at radius 2 is 1.00 bits per heavy atom. The first kappa shape index (κ1) is 17.4. The number of hydrogen-bond acceptors (Lipinski definition) is 4. The number of carbonyl (C=O) groups is 2. The van der Waals surface area contributed by atoms with Gasteiger partial charge in [-0.15, -0.1) is 0 Å². The average molecular weight is 346 g/mol. The zero-order valence-electron chi connectivity index (χ0n) is 14.1. The molecule has 0 radical (unpaired) electrons. The van der Waals surface area contributed by atoms with Gasteiger partial charge in [0.1, 0.15) is 11.5 Å². The molecule has 3 aromatic rings. The number of carbonyl (C=O) groups excluding carboxylic acids is 2. The van der Waals surface area contributed by atoms with Crippen molar-refractivity contribution in [1.29, 1.82) is 0 Å². The summed E-state index contributed by atoms with van der Waals surface area (Å²) >= 11 is 0. The van der Waals surface area contributed by atoms with Crippen LogP contribution in [0.1, 0.15) is 5.56 Å². The molecule has 0 saturated carbocycles. The van der Waals surface area contributed by atoms with Gasteiger partial charge in [0.2, 0.25) is 0 Å². The Morgan fingerprint density at radius 3 is 1.42 bits per heavy atom. The summed E-state index contributed by atoms with van der Waals surface area (Å²) < 4.78 is 10.7. The highest BCUT2D eigenvalue weighted by molar-refractivity contribution is 5.97. The quantitative estimate of drug-likeness (QED) is 0.384. The fourth-order valence-electron chi connectivity index (χ4n) is 2.46. The molecule has 0 amide bonds. The molecule has 4 nitrogen and oxygen atoms in total. The predicted octanol–water partition coefficient (Wildman–Crippen LogP) is 4.06. The van der Waals surface area contributed by atoms with Crippen LogP contribution in [0.3, 0.4) is 0 Å². The second kappa shape index (κ2) is 8.62. The van der Waals surface area contributed by atoms with Crippen LogP contribution < -0.4 is 9.47 Å². The van der Waals surface area contributed by atoms with E-state index >= 15 is 0 Å². The SMILES string of the molecule is O=C(Oc1ccccc1)C(Cc1ccccc1)C(=O)Oc1ccccc1. The molecule has 3 rings (SSSR count). The summed E-state index contributed by atoms with van der Waals surface area (Å²) in [6.07, 6.45) is 0.207. The largest absolute Gasteiger partial charge is 0.426 e. The molecular formula is C22H18O4. The molecule has 0 aliphatic rings. The molecule has 0 fully saturated rings. The highest BCUT2D eigenvalue weighted by Crippen LogP contribution is 2.18. The van der Waals surface area contributed by atoms with Crippen LogP contribution in [-0.2, 0) is 16.0 Å². The lowest BCUT2D eigenvalue weighted by molar-refractivity contribution is -0.151. The van der Waals surface area contributed by atoms with Crippen molar-refractivity contribution in [3.63, 3.8) is 0 Å². The van der Waals surface area contributed by atoms with Crippen molar-refractivity contribution < 1.29 is 19.1 Å². The summed E-state index contributed by atoms with van der Waals surface area (Å²) in [5.74, 6) is -1.55. The normalized spacial score (nSPS) is 10.3. The Labute approximate surface area is 152 Å². The first-order chi connectivity index (χ1) is 12.7. The summed E-state index contributed by atoms with van der Waals surface area (Å²) in [5.41, 5.74) is 0.854. The van der Waals surface area contributed by atoms with Crippen LogP contribution in [0, 0.1) is 5.92 Å². The minimum Gasteiger partial charge on any atom is -0.426 e. The van der Waals surface area contributed by atoms with E-state index in [-0.39, 0.29) is 6.42 Å². The molecule has 130 valence electrons. The lowest BCUT2D eigenvalue weighted by atomic mass is 9.99. The van der Waals surface area contributed by atoms with E-state index in [1.807, 2.05) is 42.5 Å². The molecule has 0 saturated heterocycles. The minimum atomic E-state index is -1.06. The van der Waals surface area contributed by atoms with E-state index in [2.05, 4.69) is 0 Å². The Hall–Kier alpha value is -3.40. The van der Waals surface area contributed by atoms with E-state index < -0.39 is 17.9 Å². The van der Waals surface area contributed by atoms with Crippen molar-refractivity contribution in [2.24, 2.45) is 5.92 Å². The van der Waals surface area contributed by atoms with Crippen LogP contribution in [-0.4, -0.2) is 11.9 Å². The van der Waals surface area contributed by atoms with Gasteiger partial charge in [-0.3, -0.25) is 9.59 Å². The monoisotopic (exact) mass is 346 g/mol. The van der Waals surface area contributed by atoms with Crippen molar-refractivity contribution in [2.45, 2.75) is 6.42 Å². The molecule has 3 aromatic carbocycles. The number of hydrogen-bond donors (Lipinski definition) is 0. The fourth-order valence-corrected chi connectivity index (χ4v) is 2.46. The lowest BCUT2D eigenvalue weighted by Crippen LogP contribution is -2.33. The van der Waals surface area contributed by atoms with Crippen molar-refractivity contribution in [3.8, 4) is 11.5 Å². The van der Waals surface area contributed by atoms with E-state index in [1.54, 1.807) is 48.5 Å². The molecule has 0 aliphatic carbocycles. The fraction of sp³-hybridized carbons (Fsp3) is 0.0909. The molecule has 26 heavy (non-hydrogen) atoms. The third-order valence-corrected chi connectivity index (χ3v) is 3.77. The first-order valence-electron chi connectivity index (χ1n) is 8.30. The smallest absolute Gasteiger partial charge is 0.326 e. The van der Waals surface area contributed by atoms with Gasteiger partial charge in [0.15, 0.2) is 5.92 Å². The topological polar surface area (TPSA) is 52.6 Å². The summed E-state index contributed by atoms with van der Waals surface area (Å²) in [6.45, 7) is 0.